The second-order valence-corrected chi connectivity index (χ2v) is 8.08. The maximum absolute atomic E-state index is 13.1. The number of nitriles is 1. The SMILES string of the molecule is N#Cc1cccc(S(=O)(=O)N2C(C(N)=O)CC3CCCCC32)c1. The molecule has 1 aliphatic carbocycles. The normalized spacial score (nSPS) is 28.0. The minimum absolute atomic E-state index is 0.0500. The molecule has 6 nitrogen and oxygen atoms in total. The van der Waals surface area contributed by atoms with Gasteiger partial charge in [-0.25, -0.2) is 8.42 Å². The lowest BCUT2D eigenvalue weighted by atomic mass is 9.85. The Bertz CT molecular complexity index is 769. The van der Waals surface area contributed by atoms with Crippen molar-refractivity contribution in [3.8, 4) is 6.07 Å². The van der Waals surface area contributed by atoms with Crippen LogP contribution in [0.1, 0.15) is 37.7 Å². The number of primary amides is 1. The van der Waals surface area contributed by atoms with Gasteiger partial charge in [-0.05, 0) is 43.4 Å². The van der Waals surface area contributed by atoms with Crippen LogP contribution >= 0.6 is 0 Å². The zero-order chi connectivity index (χ0) is 16.6. The van der Waals surface area contributed by atoms with Gasteiger partial charge in [0.1, 0.15) is 6.04 Å². The van der Waals surface area contributed by atoms with E-state index in [1.165, 1.54) is 16.4 Å². The summed E-state index contributed by atoms with van der Waals surface area (Å²) in [5, 5.41) is 8.99. The summed E-state index contributed by atoms with van der Waals surface area (Å²) in [5.74, 6) is -0.408. The molecule has 0 aromatic heterocycles. The number of nitrogens with two attached hydrogens (primary N) is 1. The van der Waals surface area contributed by atoms with E-state index < -0.39 is 22.0 Å². The van der Waals surface area contributed by atoms with Crippen molar-refractivity contribution in [1.29, 1.82) is 5.26 Å². The molecule has 23 heavy (non-hydrogen) atoms. The molecule has 0 spiro atoms. The molecule has 7 heteroatoms. The number of carbonyl (C=O) groups excluding carboxylic acids is 1. The van der Waals surface area contributed by atoms with E-state index in [9.17, 15) is 13.2 Å². The summed E-state index contributed by atoms with van der Waals surface area (Å²) >= 11 is 0. The van der Waals surface area contributed by atoms with Crippen molar-refractivity contribution in [2.45, 2.75) is 49.1 Å². The third kappa shape index (κ3) is 2.73. The number of benzene rings is 1. The summed E-state index contributed by atoms with van der Waals surface area (Å²) in [7, 11) is -3.85. The molecule has 1 saturated heterocycles. The third-order valence-electron chi connectivity index (χ3n) is 4.90. The molecule has 1 saturated carbocycles. The van der Waals surface area contributed by atoms with E-state index in [4.69, 9.17) is 11.0 Å². The fourth-order valence-corrected chi connectivity index (χ4v) is 5.78. The van der Waals surface area contributed by atoms with Crippen molar-refractivity contribution < 1.29 is 13.2 Å². The summed E-state index contributed by atoms with van der Waals surface area (Å²) < 4.78 is 27.5. The van der Waals surface area contributed by atoms with Crippen LogP contribution in [0.4, 0.5) is 0 Å². The number of rotatable bonds is 3. The van der Waals surface area contributed by atoms with Gasteiger partial charge in [-0.1, -0.05) is 18.9 Å². The highest BCUT2D eigenvalue weighted by Crippen LogP contribution is 2.42. The lowest BCUT2D eigenvalue weighted by molar-refractivity contribution is -0.121. The van der Waals surface area contributed by atoms with Gasteiger partial charge in [-0.15, -0.1) is 0 Å². The smallest absolute Gasteiger partial charge is 0.244 e. The zero-order valence-electron chi connectivity index (χ0n) is 12.7. The summed E-state index contributed by atoms with van der Waals surface area (Å²) in [6, 6.07) is 6.89. The number of sulfonamides is 1. The lowest BCUT2D eigenvalue weighted by Gasteiger charge is -2.32. The Balaban J connectivity index is 2.05. The molecule has 1 amide bonds. The average molecular weight is 333 g/mol. The Morgan fingerprint density at radius 3 is 2.74 bits per heavy atom. The van der Waals surface area contributed by atoms with Crippen LogP contribution in [0.2, 0.25) is 0 Å². The molecule has 1 heterocycles. The van der Waals surface area contributed by atoms with E-state index in [0.29, 0.717) is 6.42 Å². The molecule has 0 bridgehead atoms. The van der Waals surface area contributed by atoms with Crippen molar-refractivity contribution in [1.82, 2.24) is 4.31 Å². The highest BCUT2D eigenvalue weighted by Gasteiger charge is 2.50. The lowest BCUT2D eigenvalue weighted by Crippen LogP contribution is -2.48. The number of carbonyl (C=O) groups is 1. The Morgan fingerprint density at radius 1 is 1.30 bits per heavy atom. The standard InChI is InChI=1S/C16H19N3O3S/c17-10-11-4-3-6-13(8-11)23(21,22)19-14-7-2-1-5-12(14)9-15(19)16(18)20/h3-4,6,8,12,14-15H,1-2,5,7,9H2,(H2,18,20). The quantitative estimate of drug-likeness (QED) is 0.901. The van der Waals surface area contributed by atoms with E-state index in [1.54, 1.807) is 12.1 Å². The Morgan fingerprint density at radius 2 is 2.04 bits per heavy atom. The highest BCUT2D eigenvalue weighted by molar-refractivity contribution is 7.89. The number of hydrogen-bond donors (Lipinski definition) is 1. The molecule has 3 unspecified atom stereocenters. The first-order chi connectivity index (χ1) is 10.9. The molecule has 122 valence electrons. The second kappa shape index (κ2) is 5.95. The van der Waals surface area contributed by atoms with Gasteiger partial charge in [0.15, 0.2) is 0 Å². The molecule has 3 atom stereocenters. The predicted molar refractivity (Wildman–Crippen MR) is 83.5 cm³/mol. The number of amides is 1. The van der Waals surface area contributed by atoms with Gasteiger partial charge in [0, 0.05) is 6.04 Å². The molecule has 2 fully saturated rings. The predicted octanol–water partition coefficient (Wildman–Crippen LogP) is 1.37. The topological polar surface area (TPSA) is 104 Å². The first-order valence-corrected chi connectivity index (χ1v) is 9.22. The minimum atomic E-state index is -3.85. The summed E-state index contributed by atoms with van der Waals surface area (Å²) in [6.07, 6.45) is 4.20. The summed E-state index contributed by atoms with van der Waals surface area (Å²) in [5.41, 5.74) is 5.75. The molecule has 2 N–H and O–H groups in total. The fraction of sp³-hybridized carbons (Fsp3) is 0.500. The molecular weight excluding hydrogens is 314 g/mol. The Labute approximate surface area is 135 Å². The van der Waals surface area contributed by atoms with Gasteiger partial charge < -0.3 is 5.73 Å². The third-order valence-corrected chi connectivity index (χ3v) is 6.83. The van der Waals surface area contributed by atoms with Gasteiger partial charge in [0.2, 0.25) is 15.9 Å². The molecular formula is C16H19N3O3S. The second-order valence-electron chi connectivity index (χ2n) is 6.24. The van der Waals surface area contributed by atoms with E-state index >= 15 is 0 Å². The van der Waals surface area contributed by atoms with E-state index in [0.717, 1.165) is 25.7 Å². The van der Waals surface area contributed by atoms with Crippen molar-refractivity contribution in [2.24, 2.45) is 11.7 Å². The van der Waals surface area contributed by atoms with Crippen LogP contribution in [0.3, 0.4) is 0 Å². The summed E-state index contributed by atoms with van der Waals surface area (Å²) in [4.78, 5) is 11.9. The zero-order valence-corrected chi connectivity index (χ0v) is 13.5. The van der Waals surface area contributed by atoms with Crippen LogP contribution in [0.5, 0.6) is 0 Å². The maximum atomic E-state index is 13.1. The van der Waals surface area contributed by atoms with E-state index in [2.05, 4.69) is 0 Å². The van der Waals surface area contributed by atoms with Crippen molar-refractivity contribution in [3.05, 3.63) is 29.8 Å². The Hall–Kier alpha value is -1.91. The van der Waals surface area contributed by atoms with Crippen LogP contribution in [0.15, 0.2) is 29.2 Å². The molecule has 1 aliphatic heterocycles. The van der Waals surface area contributed by atoms with Gasteiger partial charge >= 0.3 is 0 Å². The van der Waals surface area contributed by atoms with Crippen LogP contribution in [-0.2, 0) is 14.8 Å². The average Bonchev–Trinajstić information content (AvgIpc) is 2.95. The van der Waals surface area contributed by atoms with Crippen LogP contribution in [-0.4, -0.2) is 30.7 Å². The van der Waals surface area contributed by atoms with Gasteiger partial charge in [-0.3, -0.25) is 4.79 Å². The first kappa shape index (κ1) is 16.0. The van der Waals surface area contributed by atoms with E-state index in [1.807, 2.05) is 6.07 Å². The number of fused-ring (bicyclic) bond motifs is 1. The molecule has 0 radical (unpaired) electrons. The number of hydrogen-bond acceptors (Lipinski definition) is 4. The van der Waals surface area contributed by atoms with Crippen molar-refractivity contribution in [3.63, 3.8) is 0 Å². The largest absolute Gasteiger partial charge is 0.368 e. The summed E-state index contributed by atoms with van der Waals surface area (Å²) in [6.45, 7) is 0. The fourth-order valence-electron chi connectivity index (χ4n) is 3.85. The molecule has 1 aromatic carbocycles. The highest BCUT2D eigenvalue weighted by atomic mass is 32.2. The molecule has 3 rings (SSSR count). The van der Waals surface area contributed by atoms with Crippen molar-refractivity contribution in [2.75, 3.05) is 0 Å². The van der Waals surface area contributed by atoms with E-state index in [-0.39, 0.29) is 22.4 Å². The van der Waals surface area contributed by atoms with Crippen LogP contribution in [0, 0.1) is 17.2 Å². The van der Waals surface area contributed by atoms with Gasteiger partial charge in [0.05, 0.1) is 16.5 Å². The van der Waals surface area contributed by atoms with Gasteiger partial charge in [-0.2, -0.15) is 9.57 Å². The monoisotopic (exact) mass is 333 g/mol. The number of nitrogens with zero attached hydrogens (tertiary/aromatic N) is 2. The first-order valence-electron chi connectivity index (χ1n) is 7.78. The van der Waals surface area contributed by atoms with Crippen molar-refractivity contribution >= 4 is 15.9 Å². The van der Waals surface area contributed by atoms with Crippen LogP contribution in [0.25, 0.3) is 0 Å². The van der Waals surface area contributed by atoms with Gasteiger partial charge in [0.25, 0.3) is 0 Å². The molecule has 1 aromatic rings. The molecule has 2 aliphatic rings. The maximum Gasteiger partial charge on any atom is 0.244 e. The minimum Gasteiger partial charge on any atom is -0.368 e. The van der Waals surface area contributed by atoms with Crippen LogP contribution < -0.4 is 5.73 Å². The Kier molecular flexibility index (Phi) is 4.13.